The number of nitrogens with one attached hydrogen (secondary N) is 1. The van der Waals surface area contributed by atoms with Crippen LogP contribution in [0.15, 0.2) is 24.3 Å². The van der Waals surface area contributed by atoms with Crippen molar-refractivity contribution in [3.8, 4) is 0 Å². The molecule has 1 aromatic carbocycles. The van der Waals surface area contributed by atoms with E-state index in [0.717, 1.165) is 18.2 Å². The highest BCUT2D eigenvalue weighted by Crippen LogP contribution is 2.16. The van der Waals surface area contributed by atoms with Gasteiger partial charge in [0.1, 0.15) is 0 Å². The van der Waals surface area contributed by atoms with Crippen molar-refractivity contribution < 1.29 is 0 Å². The van der Waals surface area contributed by atoms with E-state index >= 15 is 0 Å². The Morgan fingerprint density at radius 3 is 2.24 bits per heavy atom. The fourth-order valence-corrected chi connectivity index (χ4v) is 2.41. The standard InChI is InChI=1S/C15H25NS/c1-4-13(5-2)11-16-15-9-7-14(8-10-15)12-17-6-3/h7-10,13,16H,4-6,11-12H2,1-3H3. The van der Waals surface area contributed by atoms with Gasteiger partial charge in [-0.1, -0.05) is 45.7 Å². The van der Waals surface area contributed by atoms with Gasteiger partial charge < -0.3 is 5.32 Å². The van der Waals surface area contributed by atoms with Gasteiger partial charge in [-0.05, 0) is 29.4 Å². The predicted molar refractivity (Wildman–Crippen MR) is 80.8 cm³/mol. The first kappa shape index (κ1) is 14.4. The molecule has 0 fully saturated rings. The summed E-state index contributed by atoms with van der Waals surface area (Å²) in [5.41, 5.74) is 2.67. The van der Waals surface area contributed by atoms with E-state index in [-0.39, 0.29) is 0 Å². The molecule has 0 unspecified atom stereocenters. The van der Waals surface area contributed by atoms with Crippen molar-refractivity contribution in [2.45, 2.75) is 39.4 Å². The molecule has 0 aliphatic carbocycles. The maximum absolute atomic E-state index is 3.52. The lowest BCUT2D eigenvalue weighted by molar-refractivity contribution is 0.519. The molecule has 1 nitrogen and oxygen atoms in total. The lowest BCUT2D eigenvalue weighted by atomic mass is 10.0. The van der Waals surface area contributed by atoms with E-state index in [0.29, 0.717) is 0 Å². The lowest BCUT2D eigenvalue weighted by Gasteiger charge is -2.14. The Hall–Kier alpha value is -0.630. The fraction of sp³-hybridized carbons (Fsp3) is 0.600. The molecule has 0 saturated heterocycles. The van der Waals surface area contributed by atoms with Crippen LogP contribution in [0.3, 0.4) is 0 Å². The Labute approximate surface area is 110 Å². The Bertz CT molecular complexity index is 290. The molecule has 0 heterocycles. The molecule has 0 amide bonds. The van der Waals surface area contributed by atoms with Crippen molar-refractivity contribution >= 4 is 17.4 Å². The van der Waals surface area contributed by atoms with Crippen LogP contribution < -0.4 is 5.32 Å². The van der Waals surface area contributed by atoms with E-state index in [1.165, 1.54) is 29.8 Å². The van der Waals surface area contributed by atoms with Crippen molar-refractivity contribution in [1.82, 2.24) is 0 Å². The number of anilines is 1. The zero-order valence-electron chi connectivity index (χ0n) is 11.3. The van der Waals surface area contributed by atoms with Gasteiger partial charge in [0.15, 0.2) is 0 Å². The van der Waals surface area contributed by atoms with Gasteiger partial charge in [-0.3, -0.25) is 0 Å². The molecule has 0 spiro atoms. The summed E-state index contributed by atoms with van der Waals surface area (Å²) in [5.74, 6) is 3.11. The van der Waals surface area contributed by atoms with Crippen molar-refractivity contribution in [2.75, 3.05) is 17.6 Å². The predicted octanol–water partition coefficient (Wildman–Crippen LogP) is 4.79. The van der Waals surface area contributed by atoms with Gasteiger partial charge in [-0.25, -0.2) is 0 Å². The third-order valence-electron chi connectivity index (χ3n) is 3.18. The molecular formula is C15H25NS. The molecule has 17 heavy (non-hydrogen) atoms. The molecule has 0 radical (unpaired) electrons. The summed E-state index contributed by atoms with van der Waals surface area (Å²) < 4.78 is 0. The third-order valence-corrected chi connectivity index (χ3v) is 4.12. The zero-order chi connectivity index (χ0) is 12.5. The van der Waals surface area contributed by atoms with Gasteiger partial charge in [0.25, 0.3) is 0 Å². The maximum atomic E-state index is 3.52. The molecule has 1 N–H and O–H groups in total. The molecular weight excluding hydrogens is 226 g/mol. The smallest absolute Gasteiger partial charge is 0.0340 e. The third kappa shape index (κ3) is 5.49. The number of thioether (sulfide) groups is 1. The van der Waals surface area contributed by atoms with Crippen LogP contribution in [0.2, 0.25) is 0 Å². The highest BCUT2D eigenvalue weighted by atomic mass is 32.2. The minimum absolute atomic E-state index is 0.797. The van der Waals surface area contributed by atoms with Gasteiger partial charge in [-0.15, -0.1) is 0 Å². The van der Waals surface area contributed by atoms with Crippen molar-refractivity contribution in [1.29, 1.82) is 0 Å². The minimum atomic E-state index is 0.797. The van der Waals surface area contributed by atoms with Gasteiger partial charge in [0.2, 0.25) is 0 Å². The number of rotatable bonds is 8. The molecule has 0 atom stereocenters. The molecule has 1 aromatic rings. The molecule has 0 aliphatic rings. The molecule has 0 aliphatic heterocycles. The molecule has 96 valence electrons. The first-order valence-corrected chi connectivity index (χ1v) is 7.86. The van der Waals surface area contributed by atoms with Crippen LogP contribution in [0, 0.1) is 5.92 Å². The summed E-state index contributed by atoms with van der Waals surface area (Å²) in [5, 5.41) is 3.52. The van der Waals surface area contributed by atoms with E-state index < -0.39 is 0 Å². The van der Waals surface area contributed by atoms with Crippen molar-refractivity contribution in [3.05, 3.63) is 29.8 Å². The van der Waals surface area contributed by atoms with Gasteiger partial charge in [0, 0.05) is 18.0 Å². The van der Waals surface area contributed by atoms with Gasteiger partial charge in [-0.2, -0.15) is 11.8 Å². The Balaban J connectivity index is 2.39. The fourth-order valence-electron chi connectivity index (χ4n) is 1.78. The van der Waals surface area contributed by atoms with E-state index in [4.69, 9.17) is 0 Å². The average molecular weight is 251 g/mol. The van der Waals surface area contributed by atoms with E-state index in [9.17, 15) is 0 Å². The normalized spacial score (nSPS) is 10.8. The second kappa shape index (κ2) is 8.46. The maximum Gasteiger partial charge on any atom is 0.0340 e. The summed E-state index contributed by atoms with van der Waals surface area (Å²) in [6, 6.07) is 8.87. The monoisotopic (exact) mass is 251 g/mol. The Kier molecular flexibility index (Phi) is 7.18. The number of hydrogen-bond donors (Lipinski definition) is 1. The summed E-state index contributed by atoms with van der Waals surface area (Å²) in [4.78, 5) is 0. The van der Waals surface area contributed by atoms with Gasteiger partial charge >= 0.3 is 0 Å². The second-order valence-electron chi connectivity index (χ2n) is 4.40. The van der Waals surface area contributed by atoms with Crippen LogP contribution in [0.1, 0.15) is 39.2 Å². The second-order valence-corrected chi connectivity index (χ2v) is 5.67. The SMILES string of the molecule is CCSCc1ccc(NCC(CC)CC)cc1. The first-order valence-electron chi connectivity index (χ1n) is 6.70. The van der Waals surface area contributed by atoms with Crippen LogP contribution in [0.4, 0.5) is 5.69 Å². The quantitative estimate of drug-likeness (QED) is 0.713. The summed E-state index contributed by atoms with van der Waals surface area (Å²) in [7, 11) is 0. The summed E-state index contributed by atoms with van der Waals surface area (Å²) >= 11 is 1.97. The molecule has 2 heteroatoms. The number of hydrogen-bond acceptors (Lipinski definition) is 2. The lowest BCUT2D eigenvalue weighted by Crippen LogP contribution is -2.12. The van der Waals surface area contributed by atoms with E-state index in [1.807, 2.05) is 11.8 Å². The molecule has 1 rings (SSSR count). The van der Waals surface area contributed by atoms with Crippen LogP contribution in [-0.4, -0.2) is 12.3 Å². The zero-order valence-corrected chi connectivity index (χ0v) is 12.1. The van der Waals surface area contributed by atoms with Crippen LogP contribution in [-0.2, 0) is 5.75 Å². The minimum Gasteiger partial charge on any atom is -0.385 e. The molecule has 0 bridgehead atoms. The largest absolute Gasteiger partial charge is 0.385 e. The van der Waals surface area contributed by atoms with Crippen LogP contribution in [0.5, 0.6) is 0 Å². The topological polar surface area (TPSA) is 12.0 Å². The van der Waals surface area contributed by atoms with Crippen molar-refractivity contribution in [3.63, 3.8) is 0 Å². The Morgan fingerprint density at radius 1 is 1.06 bits per heavy atom. The summed E-state index contributed by atoms with van der Waals surface area (Å²) in [6.07, 6.45) is 2.52. The van der Waals surface area contributed by atoms with Crippen LogP contribution >= 0.6 is 11.8 Å². The first-order chi connectivity index (χ1) is 8.30. The highest BCUT2D eigenvalue weighted by Gasteiger charge is 2.02. The van der Waals surface area contributed by atoms with Crippen molar-refractivity contribution in [2.24, 2.45) is 5.92 Å². The van der Waals surface area contributed by atoms with Gasteiger partial charge in [0.05, 0.1) is 0 Å². The number of benzene rings is 1. The average Bonchev–Trinajstić information content (AvgIpc) is 2.39. The van der Waals surface area contributed by atoms with E-state index in [1.54, 1.807) is 0 Å². The summed E-state index contributed by atoms with van der Waals surface area (Å²) in [6.45, 7) is 7.83. The van der Waals surface area contributed by atoms with E-state index in [2.05, 4.69) is 50.4 Å². The Morgan fingerprint density at radius 2 is 1.71 bits per heavy atom. The van der Waals surface area contributed by atoms with Crippen LogP contribution in [0.25, 0.3) is 0 Å². The highest BCUT2D eigenvalue weighted by molar-refractivity contribution is 7.98. The molecule has 0 aromatic heterocycles. The molecule has 0 saturated carbocycles.